The van der Waals surface area contributed by atoms with Gasteiger partial charge in [-0.05, 0) is 25.1 Å². The normalized spacial score (nSPS) is 10.2. The Labute approximate surface area is 139 Å². The maximum absolute atomic E-state index is 13.8. The van der Waals surface area contributed by atoms with Gasteiger partial charge in [-0.25, -0.2) is 13.9 Å². The van der Waals surface area contributed by atoms with E-state index in [1.54, 1.807) is 18.2 Å². The van der Waals surface area contributed by atoms with E-state index in [0.29, 0.717) is 11.4 Å². The van der Waals surface area contributed by atoms with Crippen LogP contribution in [-0.4, -0.2) is 9.97 Å². The second kappa shape index (κ2) is 6.34. The van der Waals surface area contributed by atoms with E-state index in [0.717, 1.165) is 17.0 Å². The molecule has 0 amide bonds. The molecule has 0 saturated carbocycles. The summed E-state index contributed by atoms with van der Waals surface area (Å²) in [4.78, 5) is 7.70. The lowest BCUT2D eigenvalue weighted by molar-refractivity contribution is -0.671. The zero-order chi connectivity index (χ0) is 14.1. The Morgan fingerprint density at radius 2 is 1.90 bits per heavy atom. The third-order valence-electron chi connectivity index (χ3n) is 3.23. The molecule has 3 aromatic rings. The Balaban J connectivity index is 0.00000161. The van der Waals surface area contributed by atoms with Gasteiger partial charge in [-0.2, -0.15) is 0 Å². The zero-order valence-corrected chi connectivity index (χ0v) is 13.9. The van der Waals surface area contributed by atoms with E-state index < -0.39 is 0 Å². The Morgan fingerprint density at radius 3 is 2.62 bits per heavy atom. The molecule has 1 aromatic carbocycles. The van der Waals surface area contributed by atoms with Crippen molar-refractivity contribution in [1.82, 2.24) is 9.97 Å². The molecule has 3 rings (SSSR count). The van der Waals surface area contributed by atoms with Crippen LogP contribution in [-0.2, 0) is 7.05 Å². The summed E-state index contributed by atoms with van der Waals surface area (Å²) >= 11 is 0. The summed E-state index contributed by atoms with van der Waals surface area (Å²) in [6.45, 7) is 1.94. The number of benzene rings is 1. The molecule has 108 valence electrons. The largest absolute Gasteiger partial charge is 1.00 e. The van der Waals surface area contributed by atoms with Crippen molar-refractivity contribution in [3.05, 3.63) is 60.3 Å². The summed E-state index contributed by atoms with van der Waals surface area (Å²) in [6, 6.07) is 10.6. The minimum Gasteiger partial charge on any atom is -1.00 e. The number of pyridine rings is 1. The number of aryl methyl sites for hydroxylation is 2. The lowest BCUT2D eigenvalue weighted by atomic mass is 10.2. The molecule has 21 heavy (non-hydrogen) atoms. The maximum atomic E-state index is 13.8. The number of aromatic amines is 1. The van der Waals surface area contributed by atoms with Crippen molar-refractivity contribution < 1.29 is 32.9 Å². The number of hydrogen-bond donors (Lipinski definition) is 1. The smallest absolute Gasteiger partial charge is 0.178 e. The monoisotopic (exact) mass is 395 g/mol. The molecule has 0 unspecified atom stereocenters. The van der Waals surface area contributed by atoms with Crippen LogP contribution < -0.4 is 28.5 Å². The fourth-order valence-corrected chi connectivity index (χ4v) is 2.25. The number of halogens is 2. The highest BCUT2D eigenvalue weighted by molar-refractivity contribution is 5.66. The second-order valence-electron chi connectivity index (χ2n) is 4.80. The minimum absolute atomic E-state index is 0. The molecular formula is C16H15FIN3. The van der Waals surface area contributed by atoms with E-state index in [1.165, 1.54) is 6.07 Å². The van der Waals surface area contributed by atoms with Crippen LogP contribution in [0.15, 0.2) is 48.8 Å². The molecule has 0 spiro atoms. The summed E-state index contributed by atoms with van der Waals surface area (Å²) in [5.74, 6) is 0.286. The van der Waals surface area contributed by atoms with Crippen LogP contribution in [0.2, 0.25) is 0 Å². The van der Waals surface area contributed by atoms with E-state index in [1.807, 2.05) is 43.1 Å². The van der Waals surface area contributed by atoms with Crippen LogP contribution in [0.4, 0.5) is 4.39 Å². The lowest BCUT2D eigenvalue weighted by Gasteiger charge is -1.97. The molecule has 0 saturated heterocycles. The average molecular weight is 395 g/mol. The van der Waals surface area contributed by atoms with Crippen molar-refractivity contribution >= 4 is 0 Å². The van der Waals surface area contributed by atoms with Crippen molar-refractivity contribution in [1.29, 1.82) is 0 Å². The summed E-state index contributed by atoms with van der Waals surface area (Å²) in [5.41, 5.74) is 3.27. The van der Waals surface area contributed by atoms with E-state index >= 15 is 0 Å². The predicted molar refractivity (Wildman–Crippen MR) is 75.3 cm³/mol. The molecule has 3 nitrogen and oxygen atoms in total. The van der Waals surface area contributed by atoms with Gasteiger partial charge in [0.1, 0.15) is 18.7 Å². The number of aromatic nitrogens is 3. The molecule has 2 aromatic heterocycles. The summed E-state index contributed by atoms with van der Waals surface area (Å²) in [6.07, 6.45) is 3.96. The number of nitrogens with zero attached hydrogens (tertiary/aromatic N) is 2. The first-order valence-corrected chi connectivity index (χ1v) is 6.42. The van der Waals surface area contributed by atoms with Crippen LogP contribution in [0.25, 0.3) is 22.6 Å². The first kappa shape index (κ1) is 15.6. The van der Waals surface area contributed by atoms with Gasteiger partial charge in [0.2, 0.25) is 0 Å². The Hall–Kier alpha value is -1.76. The van der Waals surface area contributed by atoms with Gasteiger partial charge in [0.05, 0.1) is 16.8 Å². The fraction of sp³-hybridized carbons (Fsp3) is 0.125. The number of nitrogens with one attached hydrogen (secondary N) is 1. The second-order valence-corrected chi connectivity index (χ2v) is 4.80. The summed E-state index contributed by atoms with van der Waals surface area (Å²) < 4.78 is 15.8. The minimum atomic E-state index is -0.272. The molecule has 0 atom stereocenters. The Morgan fingerprint density at radius 1 is 1.14 bits per heavy atom. The standard InChI is InChI=1S/C16H15FN3.HI/c1-11-15(12-6-5-9-20(2)10-12)19-16(18-11)13-7-3-4-8-14(13)17;/h3-10H,1-2H3,(H,18,19);1H/q+1;/p-1. The molecule has 0 radical (unpaired) electrons. The van der Waals surface area contributed by atoms with E-state index in [9.17, 15) is 4.39 Å². The third kappa shape index (κ3) is 3.12. The molecule has 0 bridgehead atoms. The van der Waals surface area contributed by atoms with Crippen LogP contribution >= 0.6 is 0 Å². The van der Waals surface area contributed by atoms with Crippen molar-refractivity contribution in [2.45, 2.75) is 6.92 Å². The number of hydrogen-bond acceptors (Lipinski definition) is 1. The molecular weight excluding hydrogens is 380 g/mol. The van der Waals surface area contributed by atoms with Crippen molar-refractivity contribution in [3.63, 3.8) is 0 Å². The average Bonchev–Trinajstić information content (AvgIpc) is 2.81. The molecule has 0 aliphatic carbocycles. The van der Waals surface area contributed by atoms with Crippen LogP contribution in [0.5, 0.6) is 0 Å². The van der Waals surface area contributed by atoms with Crippen LogP contribution in [0.3, 0.4) is 0 Å². The number of H-pyrrole nitrogens is 1. The lowest BCUT2D eigenvalue weighted by Crippen LogP contribution is -3.00. The fourth-order valence-electron chi connectivity index (χ4n) is 2.25. The van der Waals surface area contributed by atoms with Gasteiger partial charge < -0.3 is 29.0 Å². The predicted octanol–water partition coefficient (Wildman–Crippen LogP) is 0.0197. The van der Waals surface area contributed by atoms with E-state index in [2.05, 4.69) is 9.97 Å². The van der Waals surface area contributed by atoms with Crippen molar-refractivity contribution in [2.75, 3.05) is 0 Å². The number of imidazole rings is 1. The van der Waals surface area contributed by atoms with E-state index in [-0.39, 0.29) is 29.8 Å². The molecule has 0 fully saturated rings. The molecule has 0 aliphatic rings. The zero-order valence-electron chi connectivity index (χ0n) is 11.8. The SMILES string of the molecule is Cc1[nH]c(-c2ccccc2F)nc1-c1ccc[n+](C)c1.[I-]. The van der Waals surface area contributed by atoms with Gasteiger partial charge in [0, 0.05) is 11.8 Å². The highest BCUT2D eigenvalue weighted by Crippen LogP contribution is 2.26. The van der Waals surface area contributed by atoms with Gasteiger partial charge in [0.15, 0.2) is 12.4 Å². The first-order chi connectivity index (χ1) is 9.65. The molecule has 5 heteroatoms. The van der Waals surface area contributed by atoms with Gasteiger partial charge in [-0.1, -0.05) is 12.1 Å². The topological polar surface area (TPSA) is 32.6 Å². The summed E-state index contributed by atoms with van der Waals surface area (Å²) in [7, 11) is 1.96. The highest BCUT2D eigenvalue weighted by Gasteiger charge is 2.14. The maximum Gasteiger partial charge on any atom is 0.178 e. The van der Waals surface area contributed by atoms with Crippen LogP contribution in [0.1, 0.15) is 5.69 Å². The first-order valence-electron chi connectivity index (χ1n) is 6.42. The van der Waals surface area contributed by atoms with Crippen molar-refractivity contribution in [3.8, 4) is 22.6 Å². The van der Waals surface area contributed by atoms with Gasteiger partial charge in [-0.3, -0.25) is 0 Å². The Bertz CT molecular complexity index is 768. The van der Waals surface area contributed by atoms with Gasteiger partial charge in [-0.15, -0.1) is 0 Å². The van der Waals surface area contributed by atoms with E-state index in [4.69, 9.17) is 0 Å². The van der Waals surface area contributed by atoms with Crippen molar-refractivity contribution in [2.24, 2.45) is 7.05 Å². The van der Waals surface area contributed by atoms with Gasteiger partial charge >= 0.3 is 0 Å². The molecule has 0 aliphatic heterocycles. The summed E-state index contributed by atoms with van der Waals surface area (Å²) in [5, 5.41) is 0. The molecule has 1 N–H and O–H groups in total. The third-order valence-corrected chi connectivity index (χ3v) is 3.23. The highest BCUT2D eigenvalue weighted by atomic mass is 127. The molecule has 2 heterocycles. The van der Waals surface area contributed by atoms with Crippen LogP contribution in [0, 0.1) is 12.7 Å². The number of rotatable bonds is 2. The quantitative estimate of drug-likeness (QED) is 0.482. The van der Waals surface area contributed by atoms with Gasteiger partial charge in [0.25, 0.3) is 0 Å². The Kier molecular flexibility index (Phi) is 4.72.